The minimum Gasteiger partial charge on any atom is -0.457 e. The number of benzene rings is 3. The second-order valence-electron chi connectivity index (χ2n) is 11.9. The van der Waals surface area contributed by atoms with Gasteiger partial charge in [-0.15, -0.1) is 0 Å². The molecule has 0 saturated carbocycles. The number of para-hydroxylation sites is 1. The molecule has 4 aromatic rings. The summed E-state index contributed by atoms with van der Waals surface area (Å²) in [7, 11) is 0. The molecule has 1 aliphatic heterocycles. The summed E-state index contributed by atoms with van der Waals surface area (Å²) in [5, 5.41) is 1.11. The standard InChI is InChI=1S/C39H35NO/c1-4-5-16-33-24-29-23-27(20-22-38(29)41-33)28-19-21-37-35(25-28)34-17-9-10-18-36(34)40(37)32-15-11-14-31(26-32)39(2,3)30-12-7-6-8-13-30/h4-25,31,35,37H,1,26H2,2-3H3/b16-5-. The summed E-state index contributed by atoms with van der Waals surface area (Å²) in [5.74, 6) is 1.56. The highest BCUT2D eigenvalue weighted by Gasteiger charge is 2.41. The second-order valence-corrected chi connectivity index (χ2v) is 11.9. The quantitative estimate of drug-likeness (QED) is 0.229. The van der Waals surface area contributed by atoms with E-state index >= 15 is 0 Å². The Labute approximate surface area is 243 Å². The minimum absolute atomic E-state index is 0.0401. The van der Waals surface area contributed by atoms with E-state index in [0.717, 1.165) is 23.2 Å². The van der Waals surface area contributed by atoms with Crippen molar-refractivity contribution >= 4 is 28.3 Å². The van der Waals surface area contributed by atoms with Gasteiger partial charge in [-0.1, -0.05) is 118 Å². The van der Waals surface area contributed by atoms with Crippen LogP contribution in [0.3, 0.4) is 0 Å². The third-order valence-corrected chi connectivity index (χ3v) is 9.13. The van der Waals surface area contributed by atoms with Crippen LogP contribution in [0.25, 0.3) is 22.6 Å². The van der Waals surface area contributed by atoms with E-state index in [9.17, 15) is 0 Å². The van der Waals surface area contributed by atoms with Crippen molar-refractivity contribution in [2.45, 2.75) is 37.6 Å². The number of furan rings is 1. The van der Waals surface area contributed by atoms with Crippen LogP contribution in [0.2, 0.25) is 0 Å². The van der Waals surface area contributed by atoms with Crippen molar-refractivity contribution in [1.29, 1.82) is 0 Å². The van der Waals surface area contributed by atoms with Crippen LogP contribution < -0.4 is 4.90 Å². The Hall–Kier alpha value is -4.56. The van der Waals surface area contributed by atoms with Crippen molar-refractivity contribution in [3.8, 4) is 0 Å². The molecule has 0 spiro atoms. The lowest BCUT2D eigenvalue weighted by Crippen LogP contribution is -2.36. The van der Waals surface area contributed by atoms with Gasteiger partial charge in [-0.2, -0.15) is 0 Å². The summed E-state index contributed by atoms with van der Waals surface area (Å²) in [4.78, 5) is 2.60. The van der Waals surface area contributed by atoms with Gasteiger partial charge in [0.1, 0.15) is 11.3 Å². The number of allylic oxidation sites excluding steroid dienone is 8. The molecule has 3 unspecified atom stereocenters. The fourth-order valence-corrected chi connectivity index (χ4v) is 6.78. The van der Waals surface area contributed by atoms with E-state index in [4.69, 9.17) is 4.42 Å². The Morgan fingerprint density at radius 1 is 0.951 bits per heavy atom. The number of hydrogen-bond donors (Lipinski definition) is 0. The zero-order chi connectivity index (χ0) is 28.0. The molecule has 202 valence electrons. The molecule has 0 amide bonds. The number of anilines is 1. The molecule has 41 heavy (non-hydrogen) atoms. The summed E-state index contributed by atoms with van der Waals surface area (Å²) >= 11 is 0. The highest BCUT2D eigenvalue weighted by atomic mass is 16.3. The molecule has 3 aromatic carbocycles. The molecular formula is C39H35NO. The molecule has 1 aromatic heterocycles. The van der Waals surface area contributed by atoms with Crippen molar-refractivity contribution in [2.24, 2.45) is 5.92 Å². The molecule has 2 heterocycles. The normalized spacial score (nSPS) is 21.6. The zero-order valence-corrected chi connectivity index (χ0v) is 23.7. The molecule has 0 fully saturated rings. The second kappa shape index (κ2) is 10.1. The average Bonchev–Trinajstić information content (AvgIpc) is 3.58. The molecule has 0 radical (unpaired) electrons. The van der Waals surface area contributed by atoms with Crippen molar-refractivity contribution in [2.75, 3.05) is 4.90 Å². The first-order valence-electron chi connectivity index (χ1n) is 14.6. The molecule has 2 nitrogen and oxygen atoms in total. The lowest BCUT2D eigenvalue weighted by Gasteiger charge is -2.39. The predicted molar refractivity (Wildman–Crippen MR) is 173 cm³/mol. The van der Waals surface area contributed by atoms with Crippen molar-refractivity contribution < 1.29 is 4.42 Å². The van der Waals surface area contributed by atoms with Gasteiger partial charge >= 0.3 is 0 Å². The number of hydrogen-bond acceptors (Lipinski definition) is 2. The van der Waals surface area contributed by atoms with Crippen molar-refractivity contribution in [3.05, 3.63) is 162 Å². The Balaban J connectivity index is 1.20. The van der Waals surface area contributed by atoms with E-state index in [2.05, 4.69) is 141 Å². The molecule has 2 aliphatic carbocycles. The van der Waals surface area contributed by atoms with Crippen molar-refractivity contribution in [3.63, 3.8) is 0 Å². The Kier molecular flexibility index (Phi) is 6.27. The number of rotatable bonds is 6. The maximum atomic E-state index is 5.98. The summed E-state index contributed by atoms with van der Waals surface area (Å²) in [6, 6.07) is 28.8. The highest BCUT2D eigenvalue weighted by Crippen LogP contribution is 2.50. The van der Waals surface area contributed by atoms with E-state index < -0.39 is 0 Å². The van der Waals surface area contributed by atoms with E-state index in [1.807, 2.05) is 12.2 Å². The summed E-state index contributed by atoms with van der Waals surface area (Å²) in [5.41, 5.74) is 8.92. The Morgan fingerprint density at radius 2 is 1.78 bits per heavy atom. The first-order valence-corrected chi connectivity index (χ1v) is 14.6. The molecule has 7 rings (SSSR count). The van der Waals surface area contributed by atoms with Gasteiger partial charge in [-0.05, 0) is 76.4 Å². The van der Waals surface area contributed by atoms with E-state index in [-0.39, 0.29) is 11.5 Å². The van der Waals surface area contributed by atoms with Crippen LogP contribution in [0.15, 0.2) is 144 Å². The fraction of sp³-hybridized carbons (Fsp3) is 0.179. The van der Waals surface area contributed by atoms with Crippen LogP contribution in [0.5, 0.6) is 0 Å². The zero-order valence-electron chi connectivity index (χ0n) is 23.7. The van der Waals surface area contributed by atoms with Gasteiger partial charge in [0.2, 0.25) is 0 Å². The first-order chi connectivity index (χ1) is 20.0. The smallest absolute Gasteiger partial charge is 0.134 e. The highest BCUT2D eigenvalue weighted by molar-refractivity contribution is 5.88. The number of nitrogens with zero attached hydrogens (tertiary/aromatic N) is 1. The van der Waals surface area contributed by atoms with Gasteiger partial charge in [0.25, 0.3) is 0 Å². The monoisotopic (exact) mass is 533 g/mol. The maximum absolute atomic E-state index is 5.98. The van der Waals surface area contributed by atoms with Gasteiger partial charge in [0.15, 0.2) is 0 Å². The summed E-state index contributed by atoms with van der Waals surface area (Å²) in [6.07, 6.45) is 20.8. The van der Waals surface area contributed by atoms with Crippen LogP contribution in [0, 0.1) is 5.92 Å². The Morgan fingerprint density at radius 3 is 2.63 bits per heavy atom. The topological polar surface area (TPSA) is 16.4 Å². The molecule has 2 heteroatoms. The SMILES string of the molecule is C=C/C=C\c1cc2cc(C3=CC4c5ccccc5N(C5=CC=CC(C(C)(C)c6ccccc6)C5)C4C=C3)ccc2o1. The Bertz CT molecular complexity index is 1770. The van der Waals surface area contributed by atoms with Crippen LogP contribution >= 0.6 is 0 Å². The third-order valence-electron chi connectivity index (χ3n) is 9.13. The van der Waals surface area contributed by atoms with Crippen LogP contribution in [-0.4, -0.2) is 6.04 Å². The third kappa shape index (κ3) is 4.44. The summed E-state index contributed by atoms with van der Waals surface area (Å²) in [6.45, 7) is 8.52. The lowest BCUT2D eigenvalue weighted by atomic mass is 9.70. The van der Waals surface area contributed by atoms with E-state index in [1.54, 1.807) is 6.08 Å². The summed E-state index contributed by atoms with van der Waals surface area (Å²) < 4.78 is 5.98. The van der Waals surface area contributed by atoms with Crippen LogP contribution in [-0.2, 0) is 5.41 Å². The molecule has 3 aliphatic rings. The minimum atomic E-state index is 0.0401. The predicted octanol–water partition coefficient (Wildman–Crippen LogP) is 10.00. The number of fused-ring (bicyclic) bond motifs is 4. The largest absolute Gasteiger partial charge is 0.457 e. The lowest BCUT2D eigenvalue weighted by molar-refractivity contribution is 0.372. The van der Waals surface area contributed by atoms with Crippen molar-refractivity contribution in [1.82, 2.24) is 0 Å². The van der Waals surface area contributed by atoms with Gasteiger partial charge in [-0.25, -0.2) is 0 Å². The van der Waals surface area contributed by atoms with Gasteiger partial charge in [0.05, 0.1) is 6.04 Å². The van der Waals surface area contributed by atoms with E-state index in [0.29, 0.717) is 11.8 Å². The van der Waals surface area contributed by atoms with Crippen LogP contribution in [0.1, 0.15) is 48.6 Å². The molecular weight excluding hydrogens is 498 g/mol. The molecule has 3 atom stereocenters. The van der Waals surface area contributed by atoms with Gasteiger partial charge < -0.3 is 9.32 Å². The maximum Gasteiger partial charge on any atom is 0.134 e. The molecule has 0 saturated heterocycles. The van der Waals surface area contributed by atoms with Gasteiger partial charge in [0, 0.05) is 22.7 Å². The van der Waals surface area contributed by atoms with E-state index in [1.165, 1.54) is 33.6 Å². The molecule has 0 N–H and O–H groups in total. The van der Waals surface area contributed by atoms with Crippen LogP contribution in [0.4, 0.5) is 5.69 Å². The average molecular weight is 534 g/mol. The fourth-order valence-electron chi connectivity index (χ4n) is 6.78. The first kappa shape index (κ1) is 25.4. The molecule has 0 bridgehead atoms. The van der Waals surface area contributed by atoms with Gasteiger partial charge in [-0.3, -0.25) is 0 Å².